The lowest BCUT2D eigenvalue weighted by atomic mass is 10.0. The minimum Gasteiger partial charge on any atom is -0.288 e. The van der Waals surface area contributed by atoms with Gasteiger partial charge >= 0.3 is 0 Å². The maximum Gasteiger partial charge on any atom is 0.260 e. The summed E-state index contributed by atoms with van der Waals surface area (Å²) in [4.78, 5) is 24.3. The predicted octanol–water partition coefficient (Wildman–Crippen LogP) is 3.00. The standard InChI is InChI=1S/C14H15NO2S/c16-13-10-7-4-8-11(12(10)14(17)15-13)18-9-5-2-1-3-6-9/h4,7-9H,1-3,5-6H2,(H,15,16,17). The summed E-state index contributed by atoms with van der Waals surface area (Å²) in [7, 11) is 0. The Kier molecular flexibility index (Phi) is 3.12. The molecule has 1 aliphatic heterocycles. The fourth-order valence-electron chi connectivity index (χ4n) is 2.65. The Morgan fingerprint density at radius 1 is 1.06 bits per heavy atom. The molecule has 3 nitrogen and oxygen atoms in total. The van der Waals surface area contributed by atoms with Gasteiger partial charge in [-0.15, -0.1) is 11.8 Å². The highest BCUT2D eigenvalue weighted by Gasteiger charge is 2.30. The van der Waals surface area contributed by atoms with E-state index in [1.807, 2.05) is 12.1 Å². The molecule has 3 rings (SSSR count). The van der Waals surface area contributed by atoms with E-state index in [9.17, 15) is 9.59 Å². The third-order valence-corrected chi connectivity index (χ3v) is 4.97. The van der Waals surface area contributed by atoms with Crippen molar-refractivity contribution in [1.82, 2.24) is 5.32 Å². The minimum atomic E-state index is -0.263. The second-order valence-corrected chi connectivity index (χ2v) is 6.18. The Morgan fingerprint density at radius 2 is 1.83 bits per heavy atom. The van der Waals surface area contributed by atoms with Crippen LogP contribution in [0.25, 0.3) is 0 Å². The molecular weight excluding hydrogens is 246 g/mol. The van der Waals surface area contributed by atoms with E-state index in [1.54, 1.807) is 17.8 Å². The van der Waals surface area contributed by atoms with Crippen molar-refractivity contribution in [3.05, 3.63) is 29.3 Å². The molecule has 2 aliphatic rings. The van der Waals surface area contributed by atoms with Gasteiger partial charge in [0.25, 0.3) is 11.8 Å². The summed E-state index contributed by atoms with van der Waals surface area (Å²) in [6, 6.07) is 5.54. The largest absolute Gasteiger partial charge is 0.288 e. The molecule has 1 heterocycles. The summed E-state index contributed by atoms with van der Waals surface area (Å²) >= 11 is 1.76. The molecule has 1 fully saturated rings. The van der Waals surface area contributed by atoms with Crippen LogP contribution in [-0.4, -0.2) is 17.1 Å². The van der Waals surface area contributed by atoms with Crippen LogP contribution >= 0.6 is 11.8 Å². The smallest absolute Gasteiger partial charge is 0.260 e. The highest BCUT2D eigenvalue weighted by molar-refractivity contribution is 8.00. The second kappa shape index (κ2) is 4.76. The molecule has 0 saturated heterocycles. The molecule has 2 amide bonds. The first-order valence-electron chi connectivity index (χ1n) is 6.41. The fraction of sp³-hybridized carbons (Fsp3) is 0.429. The Bertz CT molecular complexity index is 507. The number of hydrogen-bond donors (Lipinski definition) is 1. The molecule has 0 spiro atoms. The first-order chi connectivity index (χ1) is 8.75. The number of carbonyl (C=O) groups is 2. The lowest BCUT2D eigenvalue weighted by molar-refractivity contribution is 0.0879. The van der Waals surface area contributed by atoms with Gasteiger partial charge in [-0.2, -0.15) is 0 Å². The number of imide groups is 1. The van der Waals surface area contributed by atoms with Gasteiger partial charge in [-0.25, -0.2) is 0 Å². The van der Waals surface area contributed by atoms with Gasteiger partial charge in [0.05, 0.1) is 11.1 Å². The molecule has 0 radical (unpaired) electrons. The van der Waals surface area contributed by atoms with Crippen molar-refractivity contribution in [2.45, 2.75) is 42.2 Å². The van der Waals surface area contributed by atoms with Crippen molar-refractivity contribution in [2.75, 3.05) is 0 Å². The van der Waals surface area contributed by atoms with Gasteiger partial charge in [-0.1, -0.05) is 25.3 Å². The molecule has 18 heavy (non-hydrogen) atoms. The van der Waals surface area contributed by atoms with Crippen LogP contribution < -0.4 is 5.32 Å². The third-order valence-electron chi connectivity index (χ3n) is 3.57. The molecule has 1 aliphatic carbocycles. The van der Waals surface area contributed by atoms with E-state index in [1.165, 1.54) is 32.1 Å². The highest BCUT2D eigenvalue weighted by Crippen LogP contribution is 2.37. The molecule has 1 saturated carbocycles. The van der Waals surface area contributed by atoms with Crippen LogP contribution in [0.15, 0.2) is 23.1 Å². The first kappa shape index (κ1) is 11.8. The number of nitrogens with one attached hydrogen (secondary N) is 1. The van der Waals surface area contributed by atoms with Gasteiger partial charge in [0.15, 0.2) is 0 Å². The van der Waals surface area contributed by atoms with Crippen molar-refractivity contribution in [3.63, 3.8) is 0 Å². The zero-order valence-electron chi connectivity index (χ0n) is 10.1. The van der Waals surface area contributed by atoms with Crippen LogP contribution in [0.1, 0.15) is 52.8 Å². The quantitative estimate of drug-likeness (QED) is 0.832. The Morgan fingerprint density at radius 3 is 2.61 bits per heavy atom. The molecule has 0 bridgehead atoms. The SMILES string of the molecule is O=C1NC(=O)c2c(SC3CCCCC3)cccc21. The number of amides is 2. The second-order valence-electron chi connectivity index (χ2n) is 4.84. The van der Waals surface area contributed by atoms with Crippen molar-refractivity contribution in [2.24, 2.45) is 0 Å². The van der Waals surface area contributed by atoms with Crippen molar-refractivity contribution in [3.8, 4) is 0 Å². The van der Waals surface area contributed by atoms with E-state index < -0.39 is 0 Å². The predicted molar refractivity (Wildman–Crippen MR) is 71.0 cm³/mol. The number of hydrogen-bond acceptors (Lipinski definition) is 3. The van der Waals surface area contributed by atoms with Gasteiger partial charge in [-0.05, 0) is 25.0 Å². The Balaban J connectivity index is 1.89. The Labute approximate surface area is 110 Å². The molecule has 94 valence electrons. The van der Waals surface area contributed by atoms with Crippen molar-refractivity contribution < 1.29 is 9.59 Å². The minimum absolute atomic E-state index is 0.242. The number of carbonyl (C=O) groups excluding carboxylic acids is 2. The van der Waals surface area contributed by atoms with Gasteiger partial charge < -0.3 is 0 Å². The van der Waals surface area contributed by atoms with E-state index in [0.717, 1.165) is 4.90 Å². The number of thioether (sulfide) groups is 1. The first-order valence-corrected chi connectivity index (χ1v) is 7.29. The number of benzene rings is 1. The summed E-state index contributed by atoms with van der Waals surface area (Å²) < 4.78 is 0. The van der Waals surface area contributed by atoms with Gasteiger partial charge in [0.1, 0.15) is 0 Å². The van der Waals surface area contributed by atoms with Gasteiger partial charge in [0, 0.05) is 10.1 Å². The average Bonchev–Trinajstić information content (AvgIpc) is 2.67. The zero-order chi connectivity index (χ0) is 12.5. The fourth-order valence-corrected chi connectivity index (χ4v) is 4.05. The average molecular weight is 261 g/mol. The highest BCUT2D eigenvalue weighted by atomic mass is 32.2. The molecule has 1 aromatic carbocycles. The molecule has 0 atom stereocenters. The van der Waals surface area contributed by atoms with Crippen LogP contribution in [0.5, 0.6) is 0 Å². The molecule has 1 N–H and O–H groups in total. The zero-order valence-corrected chi connectivity index (χ0v) is 10.9. The summed E-state index contributed by atoms with van der Waals surface area (Å²) in [5.41, 5.74) is 1.11. The number of rotatable bonds is 2. The monoisotopic (exact) mass is 261 g/mol. The summed E-state index contributed by atoms with van der Waals surface area (Å²) in [6.07, 6.45) is 6.30. The normalized spacial score (nSPS) is 19.8. The third kappa shape index (κ3) is 2.05. The molecular formula is C14H15NO2S. The molecule has 1 aromatic rings. The lowest BCUT2D eigenvalue weighted by Crippen LogP contribution is -2.20. The van der Waals surface area contributed by atoms with Gasteiger partial charge in [0.2, 0.25) is 0 Å². The van der Waals surface area contributed by atoms with Crippen LogP contribution in [0.2, 0.25) is 0 Å². The maximum absolute atomic E-state index is 11.8. The molecule has 0 unspecified atom stereocenters. The summed E-state index contributed by atoms with van der Waals surface area (Å²) in [5, 5.41) is 2.96. The van der Waals surface area contributed by atoms with Crippen LogP contribution in [-0.2, 0) is 0 Å². The van der Waals surface area contributed by atoms with E-state index in [0.29, 0.717) is 16.4 Å². The number of fused-ring (bicyclic) bond motifs is 1. The van der Waals surface area contributed by atoms with E-state index >= 15 is 0 Å². The van der Waals surface area contributed by atoms with Crippen molar-refractivity contribution >= 4 is 23.6 Å². The van der Waals surface area contributed by atoms with Crippen LogP contribution in [0.4, 0.5) is 0 Å². The summed E-state index contributed by atoms with van der Waals surface area (Å²) in [6.45, 7) is 0. The molecule has 0 aromatic heterocycles. The van der Waals surface area contributed by atoms with E-state index in [-0.39, 0.29) is 11.8 Å². The summed E-state index contributed by atoms with van der Waals surface area (Å²) in [5.74, 6) is -0.505. The van der Waals surface area contributed by atoms with E-state index in [4.69, 9.17) is 0 Å². The lowest BCUT2D eigenvalue weighted by Gasteiger charge is -2.21. The maximum atomic E-state index is 11.8. The Hall–Kier alpha value is -1.29. The topological polar surface area (TPSA) is 46.2 Å². The van der Waals surface area contributed by atoms with E-state index in [2.05, 4.69) is 5.32 Å². The van der Waals surface area contributed by atoms with Gasteiger partial charge in [-0.3, -0.25) is 14.9 Å². The van der Waals surface area contributed by atoms with Crippen LogP contribution in [0.3, 0.4) is 0 Å². The van der Waals surface area contributed by atoms with Crippen molar-refractivity contribution in [1.29, 1.82) is 0 Å². The molecule has 4 heteroatoms. The van der Waals surface area contributed by atoms with Crippen LogP contribution in [0, 0.1) is 0 Å².